The summed E-state index contributed by atoms with van der Waals surface area (Å²) >= 11 is 0. The van der Waals surface area contributed by atoms with Gasteiger partial charge in [-0.05, 0) is 49.3 Å². The average Bonchev–Trinajstić information content (AvgIpc) is 2.78. The number of nitrogens with one attached hydrogen (secondary N) is 2. The van der Waals surface area contributed by atoms with Gasteiger partial charge in [0.25, 0.3) is 5.91 Å². The van der Waals surface area contributed by atoms with E-state index in [1.165, 1.54) is 18.2 Å². The molecule has 1 aromatic carbocycles. The summed E-state index contributed by atoms with van der Waals surface area (Å²) in [7, 11) is 0. The topological polar surface area (TPSA) is 61.4 Å². The van der Waals surface area contributed by atoms with Crippen molar-refractivity contribution in [2.45, 2.75) is 32.7 Å². The molecule has 1 aromatic rings. The molecule has 5 nitrogen and oxygen atoms in total. The molecule has 0 saturated carbocycles. The predicted octanol–water partition coefficient (Wildman–Crippen LogP) is 2.41. The van der Waals surface area contributed by atoms with Crippen LogP contribution in [0.4, 0.5) is 4.39 Å². The first kappa shape index (κ1) is 17.2. The highest BCUT2D eigenvalue weighted by Crippen LogP contribution is 2.42. The van der Waals surface area contributed by atoms with Gasteiger partial charge in [0.05, 0.1) is 11.2 Å². The number of hydrogen-bond acceptors (Lipinski definition) is 3. The molecule has 0 spiro atoms. The molecule has 2 amide bonds. The third kappa shape index (κ3) is 3.04. The minimum Gasteiger partial charge on any atom is -0.385 e. The molecule has 2 aliphatic heterocycles. The molecule has 2 N–H and O–H groups in total. The molecule has 0 fully saturated rings. The number of dihydropyridines is 1. The average molecular weight is 343 g/mol. The van der Waals surface area contributed by atoms with E-state index < -0.39 is 5.54 Å². The predicted molar refractivity (Wildman–Crippen MR) is 93.1 cm³/mol. The molecule has 132 valence electrons. The summed E-state index contributed by atoms with van der Waals surface area (Å²) in [6.07, 6.45) is 4.13. The van der Waals surface area contributed by atoms with E-state index >= 15 is 0 Å². The van der Waals surface area contributed by atoms with Gasteiger partial charge < -0.3 is 10.6 Å². The Labute approximate surface area is 146 Å². The number of hydrogen-bond donors (Lipinski definition) is 2. The number of benzene rings is 1. The third-order valence-electron chi connectivity index (χ3n) is 4.66. The molecule has 0 saturated heterocycles. The van der Waals surface area contributed by atoms with Crippen LogP contribution in [0.3, 0.4) is 0 Å². The molecule has 0 atom stereocenters. The number of halogens is 1. The van der Waals surface area contributed by atoms with Crippen LogP contribution in [0.1, 0.15) is 43.1 Å². The lowest BCUT2D eigenvalue weighted by atomic mass is 9.93. The quantitative estimate of drug-likeness (QED) is 0.883. The first-order chi connectivity index (χ1) is 11.8. The number of amides is 2. The highest BCUT2D eigenvalue weighted by atomic mass is 19.1. The molecule has 0 aliphatic carbocycles. The van der Waals surface area contributed by atoms with Crippen LogP contribution in [0.2, 0.25) is 0 Å². The van der Waals surface area contributed by atoms with Gasteiger partial charge in [-0.25, -0.2) is 4.39 Å². The second-order valence-corrected chi connectivity index (χ2v) is 6.77. The maximum atomic E-state index is 13.7. The van der Waals surface area contributed by atoms with Crippen LogP contribution in [0, 0.1) is 5.82 Å². The third-order valence-corrected chi connectivity index (χ3v) is 4.66. The molecule has 0 aromatic heterocycles. The van der Waals surface area contributed by atoms with Gasteiger partial charge in [0, 0.05) is 31.3 Å². The molecule has 0 radical (unpaired) electrons. The Kier molecular flexibility index (Phi) is 4.37. The van der Waals surface area contributed by atoms with Gasteiger partial charge >= 0.3 is 0 Å². The number of carbonyl (C=O) groups excluding carboxylic acids is 2. The van der Waals surface area contributed by atoms with E-state index in [2.05, 4.69) is 10.6 Å². The Morgan fingerprint density at radius 2 is 2.16 bits per heavy atom. The summed E-state index contributed by atoms with van der Waals surface area (Å²) in [4.78, 5) is 26.0. The normalized spacial score (nSPS) is 18.2. The van der Waals surface area contributed by atoms with Crippen molar-refractivity contribution in [3.63, 3.8) is 0 Å². The van der Waals surface area contributed by atoms with Crippen molar-refractivity contribution in [1.29, 1.82) is 0 Å². The zero-order valence-electron chi connectivity index (χ0n) is 14.6. The van der Waals surface area contributed by atoms with Crippen molar-refractivity contribution in [3.05, 3.63) is 58.7 Å². The standard InChI is InChI=1S/C19H22FN3O2/c1-4-17(24)22-10-12-7-14(11-21-9-12)23-18(25)15-6-5-13(20)8-16(15)19(23,2)3/h5-8,11,21H,4,9-10H2,1-3H3,(H,22,24). The van der Waals surface area contributed by atoms with Crippen LogP contribution < -0.4 is 10.6 Å². The fourth-order valence-corrected chi connectivity index (χ4v) is 3.31. The summed E-state index contributed by atoms with van der Waals surface area (Å²) in [5.41, 5.74) is 2.22. The van der Waals surface area contributed by atoms with Crippen LogP contribution >= 0.6 is 0 Å². The monoisotopic (exact) mass is 343 g/mol. The van der Waals surface area contributed by atoms with Crippen LogP contribution in [0.5, 0.6) is 0 Å². The van der Waals surface area contributed by atoms with Crippen molar-refractivity contribution >= 4 is 11.8 Å². The molecular weight excluding hydrogens is 321 g/mol. The fraction of sp³-hybridized carbons (Fsp3) is 0.368. The summed E-state index contributed by atoms with van der Waals surface area (Å²) in [5.74, 6) is -0.517. The van der Waals surface area contributed by atoms with Gasteiger partial charge in [0.1, 0.15) is 5.82 Å². The Hall–Kier alpha value is -2.63. The van der Waals surface area contributed by atoms with E-state index in [0.29, 0.717) is 36.3 Å². The Morgan fingerprint density at radius 3 is 2.88 bits per heavy atom. The maximum absolute atomic E-state index is 13.7. The van der Waals surface area contributed by atoms with E-state index in [-0.39, 0.29) is 17.6 Å². The highest BCUT2D eigenvalue weighted by Gasteiger charge is 2.44. The Bertz CT molecular complexity index is 796. The van der Waals surface area contributed by atoms with Crippen LogP contribution in [-0.4, -0.2) is 29.8 Å². The number of carbonyl (C=O) groups is 2. The molecule has 0 unspecified atom stereocenters. The zero-order chi connectivity index (χ0) is 18.2. The molecule has 3 rings (SSSR count). The highest BCUT2D eigenvalue weighted by molar-refractivity contribution is 6.01. The van der Waals surface area contributed by atoms with E-state index in [9.17, 15) is 14.0 Å². The van der Waals surface area contributed by atoms with Gasteiger partial charge in [0.15, 0.2) is 0 Å². The Morgan fingerprint density at radius 1 is 1.40 bits per heavy atom. The second-order valence-electron chi connectivity index (χ2n) is 6.77. The van der Waals surface area contributed by atoms with Crippen LogP contribution in [-0.2, 0) is 10.3 Å². The minimum absolute atomic E-state index is 0.0162. The molecule has 2 aliphatic rings. The first-order valence-electron chi connectivity index (χ1n) is 8.39. The number of rotatable bonds is 4. The minimum atomic E-state index is -0.659. The Balaban J connectivity index is 1.89. The SMILES string of the molecule is CCC(=O)NCC1=CC(N2C(=O)c3ccc(F)cc3C2(C)C)=CNC1. The van der Waals surface area contributed by atoms with Crippen LogP contribution in [0.15, 0.2) is 41.7 Å². The molecule has 0 bridgehead atoms. The number of allylic oxidation sites excluding steroid dienone is 1. The van der Waals surface area contributed by atoms with E-state index in [4.69, 9.17) is 0 Å². The summed E-state index contributed by atoms with van der Waals surface area (Å²) in [6, 6.07) is 4.28. The first-order valence-corrected chi connectivity index (χ1v) is 8.39. The van der Waals surface area contributed by atoms with Gasteiger partial charge in [-0.2, -0.15) is 0 Å². The van der Waals surface area contributed by atoms with Crippen LogP contribution in [0.25, 0.3) is 0 Å². The zero-order valence-corrected chi connectivity index (χ0v) is 14.6. The van der Waals surface area contributed by atoms with E-state index in [0.717, 1.165) is 5.57 Å². The smallest absolute Gasteiger partial charge is 0.259 e. The van der Waals surface area contributed by atoms with Crippen molar-refractivity contribution < 1.29 is 14.0 Å². The summed E-state index contributed by atoms with van der Waals surface area (Å²) < 4.78 is 13.7. The second kappa shape index (κ2) is 6.35. The van der Waals surface area contributed by atoms with Gasteiger partial charge in [-0.3, -0.25) is 14.5 Å². The number of fused-ring (bicyclic) bond motifs is 1. The molecule has 6 heteroatoms. The largest absolute Gasteiger partial charge is 0.385 e. The van der Waals surface area contributed by atoms with E-state index in [1.54, 1.807) is 18.0 Å². The lowest BCUT2D eigenvalue weighted by Crippen LogP contribution is -2.40. The van der Waals surface area contributed by atoms with Crippen molar-refractivity contribution in [1.82, 2.24) is 15.5 Å². The van der Waals surface area contributed by atoms with Gasteiger partial charge in [-0.15, -0.1) is 0 Å². The molecular formula is C19H22FN3O2. The molecule has 2 heterocycles. The van der Waals surface area contributed by atoms with Crippen molar-refractivity contribution in [2.75, 3.05) is 13.1 Å². The fourth-order valence-electron chi connectivity index (χ4n) is 3.31. The van der Waals surface area contributed by atoms with Crippen molar-refractivity contribution in [2.24, 2.45) is 0 Å². The summed E-state index contributed by atoms with van der Waals surface area (Å²) in [5, 5.41) is 5.99. The number of nitrogens with zero attached hydrogens (tertiary/aromatic N) is 1. The lowest BCUT2D eigenvalue weighted by molar-refractivity contribution is -0.120. The lowest BCUT2D eigenvalue weighted by Gasteiger charge is -2.34. The molecule has 25 heavy (non-hydrogen) atoms. The van der Waals surface area contributed by atoms with Gasteiger partial charge in [0.2, 0.25) is 5.91 Å². The maximum Gasteiger partial charge on any atom is 0.259 e. The van der Waals surface area contributed by atoms with E-state index in [1.807, 2.05) is 19.9 Å². The van der Waals surface area contributed by atoms with Gasteiger partial charge in [-0.1, -0.05) is 6.92 Å². The summed E-state index contributed by atoms with van der Waals surface area (Å²) in [6.45, 7) is 6.64. The van der Waals surface area contributed by atoms with Crippen molar-refractivity contribution in [3.8, 4) is 0 Å².